The second-order valence-electron chi connectivity index (χ2n) is 8.81. The molecule has 2 N–H and O–H groups in total. The normalized spacial score (nSPS) is 11.9. The number of ether oxygens (including phenoxy) is 2. The molecule has 12 nitrogen and oxygen atoms in total. The third kappa shape index (κ3) is 6.30. The van der Waals surface area contributed by atoms with E-state index in [0.29, 0.717) is 4.68 Å². The number of rotatable bonds is 8. The van der Waals surface area contributed by atoms with Gasteiger partial charge in [-0.3, -0.25) is 19.2 Å². The van der Waals surface area contributed by atoms with E-state index in [1.807, 2.05) is 0 Å². The van der Waals surface area contributed by atoms with E-state index in [2.05, 4.69) is 19.9 Å². The Balaban J connectivity index is 1.41. The van der Waals surface area contributed by atoms with Gasteiger partial charge in [-0.1, -0.05) is 23.2 Å². The lowest BCUT2D eigenvalue weighted by atomic mass is 10.2. The first kappa shape index (κ1) is 31.1. The number of halogens is 5. The Hall–Kier alpha value is -4.32. The van der Waals surface area contributed by atoms with E-state index >= 15 is 0 Å². The molecule has 3 heterocycles. The molecule has 5 rings (SSSR count). The van der Waals surface area contributed by atoms with E-state index in [1.165, 1.54) is 49.6 Å². The molecule has 0 unspecified atom stereocenters. The summed E-state index contributed by atoms with van der Waals surface area (Å²) in [6.45, 7) is 0. The molecule has 0 saturated heterocycles. The van der Waals surface area contributed by atoms with Crippen molar-refractivity contribution < 1.29 is 31.1 Å². The van der Waals surface area contributed by atoms with Crippen LogP contribution in [-0.2, 0) is 23.2 Å². The van der Waals surface area contributed by atoms with Gasteiger partial charge in [0.2, 0.25) is 0 Å². The van der Waals surface area contributed by atoms with Crippen LogP contribution in [0.2, 0.25) is 10.0 Å². The van der Waals surface area contributed by atoms with Crippen LogP contribution in [-0.4, -0.2) is 40.1 Å². The average Bonchev–Trinajstić information content (AvgIpc) is 3.58. The van der Waals surface area contributed by atoms with Crippen molar-refractivity contribution in [2.24, 2.45) is 7.05 Å². The maximum Gasteiger partial charge on any atom is 0.433 e. The maximum atomic E-state index is 13.2. The number of thiophene rings is 1. The Labute approximate surface area is 259 Å². The average molecular weight is 689 g/mol. The van der Waals surface area contributed by atoms with Gasteiger partial charge in [-0.05, 0) is 42.5 Å². The van der Waals surface area contributed by atoms with Crippen molar-refractivity contribution >= 4 is 50.2 Å². The zero-order valence-corrected chi connectivity index (χ0v) is 25.3. The highest BCUT2D eigenvalue weighted by molar-refractivity contribution is 7.94. The van der Waals surface area contributed by atoms with Gasteiger partial charge >= 0.3 is 11.9 Å². The Morgan fingerprint density at radius 3 is 2.36 bits per heavy atom. The number of aryl methyl sites for hydroxylation is 1. The number of methoxy groups -OCH3 is 1. The van der Waals surface area contributed by atoms with Gasteiger partial charge in [-0.15, -0.1) is 11.3 Å². The van der Waals surface area contributed by atoms with Gasteiger partial charge in [0.05, 0.1) is 33.4 Å². The molecule has 19 heteroatoms. The minimum Gasteiger partial charge on any atom is -0.495 e. The predicted octanol–water partition coefficient (Wildman–Crippen LogP) is 5.31. The fraction of sp³-hybridized carbons (Fsp3) is 0.120. The van der Waals surface area contributed by atoms with Crippen molar-refractivity contribution in [3.63, 3.8) is 0 Å². The van der Waals surface area contributed by atoms with Crippen molar-refractivity contribution in [2.45, 2.75) is 10.4 Å². The summed E-state index contributed by atoms with van der Waals surface area (Å²) < 4.78 is 80.9. The van der Waals surface area contributed by atoms with Gasteiger partial charge in [0.25, 0.3) is 15.6 Å². The van der Waals surface area contributed by atoms with E-state index in [-0.39, 0.29) is 53.4 Å². The number of nitrogens with zero attached hydrogens (tertiary/aromatic N) is 4. The number of anilines is 1. The lowest BCUT2D eigenvalue weighted by molar-refractivity contribution is -0.143. The number of aromatic nitrogens is 5. The third-order valence-corrected chi connectivity index (χ3v) is 9.37. The molecule has 0 atom stereocenters. The fourth-order valence-electron chi connectivity index (χ4n) is 3.90. The van der Waals surface area contributed by atoms with Crippen LogP contribution in [0, 0.1) is 0 Å². The standard InChI is InChI=1S/C25H17Cl2F3N6O6S2/c1-35-20(25(28,29)30)10-17(33-35)19-5-6-22(43-19)44(39,40)34-16-9-13(3-4-18(16)41-2)42-23-14(26)7-12(8-15(23)27)36-24(38)32-21(37)11-31-36/h3-11,34H,1-2H3,(H,32,37,38). The van der Waals surface area contributed by atoms with Gasteiger partial charge in [0, 0.05) is 13.1 Å². The smallest absolute Gasteiger partial charge is 0.433 e. The fourth-order valence-corrected chi connectivity index (χ4v) is 6.78. The van der Waals surface area contributed by atoms with E-state index < -0.39 is 33.1 Å². The molecular formula is C25H17Cl2F3N6O6S2. The lowest BCUT2D eigenvalue weighted by Gasteiger charge is -2.15. The first-order valence-electron chi connectivity index (χ1n) is 11.9. The van der Waals surface area contributed by atoms with Crippen molar-refractivity contribution in [3.8, 4) is 33.5 Å². The van der Waals surface area contributed by atoms with Crippen molar-refractivity contribution in [2.75, 3.05) is 11.8 Å². The quantitative estimate of drug-likeness (QED) is 0.223. The van der Waals surface area contributed by atoms with Crippen LogP contribution < -0.4 is 25.4 Å². The van der Waals surface area contributed by atoms with Crippen molar-refractivity contribution in [1.29, 1.82) is 0 Å². The SMILES string of the molecule is COc1ccc(Oc2c(Cl)cc(-n3ncc(=O)[nH]c3=O)cc2Cl)cc1NS(=O)(=O)c1ccc(-c2cc(C(F)(F)F)n(C)n2)s1. The van der Waals surface area contributed by atoms with Crippen molar-refractivity contribution in [1.82, 2.24) is 24.5 Å². The molecule has 2 aromatic carbocycles. The zero-order valence-electron chi connectivity index (χ0n) is 22.1. The highest BCUT2D eigenvalue weighted by Crippen LogP contribution is 2.41. The molecule has 0 radical (unpaired) electrons. The number of H-pyrrole nitrogens is 1. The number of aromatic amines is 1. The Bertz CT molecular complexity index is 2100. The molecule has 3 aromatic heterocycles. The summed E-state index contributed by atoms with van der Waals surface area (Å²) in [6, 6.07) is 10.2. The second kappa shape index (κ2) is 11.6. The Morgan fingerprint density at radius 2 is 1.75 bits per heavy atom. The monoisotopic (exact) mass is 688 g/mol. The molecule has 0 aliphatic rings. The summed E-state index contributed by atoms with van der Waals surface area (Å²) in [5.41, 5.74) is -2.45. The summed E-state index contributed by atoms with van der Waals surface area (Å²) in [5, 5.41) is 7.51. The van der Waals surface area contributed by atoms with Crippen LogP contribution in [0.25, 0.3) is 16.3 Å². The Kier molecular flexibility index (Phi) is 8.23. The van der Waals surface area contributed by atoms with Crippen LogP contribution in [0.15, 0.2) is 68.5 Å². The minimum absolute atomic E-state index is 0.0370. The molecule has 0 aliphatic heterocycles. The molecule has 44 heavy (non-hydrogen) atoms. The van der Waals surface area contributed by atoms with Crippen LogP contribution >= 0.6 is 34.5 Å². The first-order chi connectivity index (χ1) is 20.7. The highest BCUT2D eigenvalue weighted by atomic mass is 35.5. The van der Waals surface area contributed by atoms with E-state index in [9.17, 15) is 31.2 Å². The molecule has 0 spiro atoms. The Morgan fingerprint density at radius 1 is 1.05 bits per heavy atom. The highest BCUT2D eigenvalue weighted by Gasteiger charge is 2.35. The molecule has 0 aliphatic carbocycles. The van der Waals surface area contributed by atoms with Crippen LogP contribution in [0.4, 0.5) is 18.9 Å². The number of hydrogen-bond acceptors (Lipinski definition) is 9. The molecule has 0 fully saturated rings. The van der Waals surface area contributed by atoms with Gasteiger partial charge in [-0.25, -0.2) is 13.2 Å². The third-order valence-electron chi connectivity index (χ3n) is 5.84. The van der Waals surface area contributed by atoms with Gasteiger partial charge < -0.3 is 9.47 Å². The number of nitrogens with one attached hydrogen (secondary N) is 2. The zero-order chi connectivity index (χ0) is 32.0. The van der Waals surface area contributed by atoms with E-state index in [0.717, 1.165) is 35.3 Å². The molecule has 0 saturated carbocycles. The number of hydrogen-bond donors (Lipinski definition) is 2. The largest absolute Gasteiger partial charge is 0.495 e. The van der Waals surface area contributed by atoms with Gasteiger partial charge in [0.15, 0.2) is 5.75 Å². The molecule has 0 bridgehead atoms. The molecule has 0 amide bonds. The first-order valence-corrected chi connectivity index (χ1v) is 15.0. The number of alkyl halides is 3. The second-order valence-corrected chi connectivity index (χ2v) is 12.6. The summed E-state index contributed by atoms with van der Waals surface area (Å²) in [6.07, 6.45) is -3.74. The minimum atomic E-state index is -4.63. The summed E-state index contributed by atoms with van der Waals surface area (Å²) >= 11 is 13.4. The topological polar surface area (TPSA) is 150 Å². The molecule has 230 valence electrons. The van der Waals surface area contributed by atoms with Crippen LogP contribution in [0.3, 0.4) is 0 Å². The van der Waals surface area contributed by atoms with Crippen molar-refractivity contribution in [3.05, 3.63) is 91.3 Å². The van der Waals surface area contributed by atoms with Gasteiger partial charge in [-0.2, -0.15) is 28.1 Å². The van der Waals surface area contributed by atoms with E-state index in [4.69, 9.17) is 32.7 Å². The van der Waals surface area contributed by atoms with Gasteiger partial charge in [0.1, 0.15) is 33.3 Å². The molecule has 5 aromatic rings. The summed E-state index contributed by atoms with van der Waals surface area (Å²) in [7, 11) is -1.80. The maximum absolute atomic E-state index is 13.2. The number of sulfonamides is 1. The van der Waals surface area contributed by atoms with Crippen LogP contribution in [0.5, 0.6) is 17.2 Å². The van der Waals surface area contributed by atoms with E-state index in [1.54, 1.807) is 0 Å². The summed E-state index contributed by atoms with van der Waals surface area (Å²) in [4.78, 5) is 25.7. The number of benzene rings is 2. The predicted molar refractivity (Wildman–Crippen MR) is 156 cm³/mol. The lowest BCUT2D eigenvalue weighted by Crippen LogP contribution is -2.30. The summed E-state index contributed by atoms with van der Waals surface area (Å²) in [5.74, 6) is 0.165. The molecular weight excluding hydrogens is 672 g/mol. The van der Waals surface area contributed by atoms with Crippen LogP contribution in [0.1, 0.15) is 5.69 Å².